The van der Waals surface area contributed by atoms with Crippen LogP contribution in [-0.4, -0.2) is 41.5 Å². The van der Waals surface area contributed by atoms with Crippen molar-refractivity contribution in [3.63, 3.8) is 0 Å². The predicted octanol–water partition coefficient (Wildman–Crippen LogP) is 3.09. The molecule has 2 heterocycles. The third-order valence-corrected chi connectivity index (χ3v) is 6.16. The van der Waals surface area contributed by atoms with Crippen LogP contribution in [0.3, 0.4) is 0 Å². The second kappa shape index (κ2) is 8.45. The Hall–Kier alpha value is -2.51. The Morgan fingerprint density at radius 2 is 2.19 bits per heavy atom. The fourth-order valence-electron chi connectivity index (χ4n) is 1.96. The lowest BCUT2D eigenvalue weighted by Crippen LogP contribution is -2.12. The van der Waals surface area contributed by atoms with E-state index in [0.717, 1.165) is 21.9 Å². The largest absolute Gasteiger partial charge is 0.311 e. The minimum Gasteiger partial charge on any atom is -0.311 e. The number of benzene rings is 1. The van der Waals surface area contributed by atoms with Gasteiger partial charge in [-0.15, -0.1) is 20.4 Å². The summed E-state index contributed by atoms with van der Waals surface area (Å²) in [4.78, 5) is 23.7. The van der Waals surface area contributed by atoms with Crippen LogP contribution in [0.5, 0.6) is 0 Å². The zero-order valence-corrected chi connectivity index (χ0v) is 16.6. The van der Waals surface area contributed by atoms with Crippen molar-refractivity contribution in [3.8, 4) is 0 Å². The maximum atomic E-state index is 12.4. The summed E-state index contributed by atoms with van der Waals surface area (Å²) in [7, 11) is 1.74. The van der Waals surface area contributed by atoms with Gasteiger partial charge in [-0.1, -0.05) is 30.0 Å². The molecule has 1 aromatic carbocycles. The normalized spacial score (nSPS) is 10.7. The van der Waals surface area contributed by atoms with Gasteiger partial charge in [-0.2, -0.15) is 0 Å². The monoisotopic (exact) mass is 423 g/mol. The Kier molecular flexibility index (Phi) is 6.03. The van der Waals surface area contributed by atoms with Gasteiger partial charge >= 0.3 is 0 Å². The van der Waals surface area contributed by atoms with Gasteiger partial charge in [0, 0.05) is 18.7 Å². The highest BCUT2D eigenvalue weighted by atomic mass is 32.2. The first-order valence-corrected chi connectivity index (χ1v) is 10.2. The summed E-state index contributed by atoms with van der Waals surface area (Å²) < 4.78 is 2.39. The summed E-state index contributed by atoms with van der Waals surface area (Å²) in [6.45, 7) is 1.99. The van der Waals surface area contributed by atoms with Gasteiger partial charge < -0.3 is 4.57 Å². The van der Waals surface area contributed by atoms with E-state index in [1.807, 2.05) is 6.92 Å². The van der Waals surface area contributed by atoms with Crippen LogP contribution < -0.4 is 5.32 Å². The molecular formula is C14H13N7O3S3. The van der Waals surface area contributed by atoms with Crippen LogP contribution in [0.2, 0.25) is 0 Å². The molecule has 13 heteroatoms. The van der Waals surface area contributed by atoms with E-state index in [1.165, 1.54) is 47.6 Å². The predicted molar refractivity (Wildman–Crippen MR) is 102 cm³/mol. The van der Waals surface area contributed by atoms with Gasteiger partial charge in [-0.3, -0.25) is 20.2 Å². The SMILES string of the molecule is CCSc1nnc(NC(=O)c2ccc(Sc3nncn3C)c([N+](=O)[O-])c2)s1. The minimum atomic E-state index is -0.531. The molecule has 10 nitrogen and oxygen atoms in total. The molecule has 0 spiro atoms. The number of anilines is 1. The molecule has 0 unspecified atom stereocenters. The second-order valence-corrected chi connectivity index (χ2v) is 8.52. The standard InChI is InChI=1S/C14H13N7O3S3/c1-3-25-14-19-17-12(27-14)16-11(22)8-4-5-10(9(6-8)21(23)24)26-13-18-15-7-20(13)2/h4-7H,3H2,1-2H3,(H,16,17,22). The van der Waals surface area contributed by atoms with Crippen molar-refractivity contribution >= 4 is 51.6 Å². The number of nitro benzene ring substituents is 1. The van der Waals surface area contributed by atoms with Gasteiger partial charge in [0.2, 0.25) is 5.13 Å². The van der Waals surface area contributed by atoms with Crippen molar-refractivity contribution < 1.29 is 9.72 Å². The van der Waals surface area contributed by atoms with E-state index < -0.39 is 10.8 Å². The molecule has 0 aliphatic heterocycles. The van der Waals surface area contributed by atoms with Crippen LogP contribution in [0.4, 0.5) is 10.8 Å². The number of hydrogen-bond donors (Lipinski definition) is 1. The fourth-order valence-corrected chi connectivity index (χ4v) is 4.46. The van der Waals surface area contributed by atoms with Crippen molar-refractivity contribution in [1.82, 2.24) is 25.0 Å². The van der Waals surface area contributed by atoms with Crippen LogP contribution in [0.15, 0.2) is 38.9 Å². The van der Waals surface area contributed by atoms with Crippen molar-refractivity contribution in [2.24, 2.45) is 7.05 Å². The van der Waals surface area contributed by atoms with Gasteiger partial charge in [-0.05, 0) is 29.6 Å². The van der Waals surface area contributed by atoms with Crippen molar-refractivity contribution in [2.75, 3.05) is 11.1 Å². The van der Waals surface area contributed by atoms with Crippen LogP contribution in [0.1, 0.15) is 17.3 Å². The highest BCUT2D eigenvalue weighted by Crippen LogP contribution is 2.34. The third-order valence-electron chi connectivity index (χ3n) is 3.18. The number of nitrogens with one attached hydrogen (secondary N) is 1. The number of carbonyl (C=O) groups is 1. The maximum Gasteiger partial charge on any atom is 0.284 e. The van der Waals surface area contributed by atoms with E-state index in [4.69, 9.17) is 0 Å². The smallest absolute Gasteiger partial charge is 0.284 e. The number of hydrogen-bond acceptors (Lipinski definition) is 10. The topological polar surface area (TPSA) is 129 Å². The van der Waals surface area contributed by atoms with E-state index in [0.29, 0.717) is 15.2 Å². The minimum absolute atomic E-state index is 0.156. The Morgan fingerprint density at radius 1 is 1.37 bits per heavy atom. The molecule has 1 amide bonds. The highest BCUT2D eigenvalue weighted by Gasteiger charge is 2.20. The molecule has 3 aromatic rings. The lowest BCUT2D eigenvalue weighted by Gasteiger charge is -2.05. The van der Waals surface area contributed by atoms with Crippen molar-refractivity contribution in [3.05, 3.63) is 40.2 Å². The van der Waals surface area contributed by atoms with Gasteiger partial charge in [0.1, 0.15) is 6.33 Å². The molecule has 0 bridgehead atoms. The Labute approximate surface area is 165 Å². The van der Waals surface area contributed by atoms with Crippen LogP contribution in [-0.2, 0) is 7.05 Å². The summed E-state index contributed by atoms with van der Waals surface area (Å²) in [5, 5.41) is 30.4. The van der Waals surface area contributed by atoms with Crippen molar-refractivity contribution in [2.45, 2.75) is 21.3 Å². The second-order valence-electron chi connectivity index (χ2n) is 5.03. The molecular weight excluding hydrogens is 410 g/mol. The molecule has 0 radical (unpaired) electrons. The zero-order chi connectivity index (χ0) is 19.4. The lowest BCUT2D eigenvalue weighted by molar-refractivity contribution is -0.387. The van der Waals surface area contributed by atoms with Crippen LogP contribution in [0, 0.1) is 10.1 Å². The van der Waals surface area contributed by atoms with Gasteiger partial charge in [0.15, 0.2) is 9.50 Å². The molecule has 0 saturated carbocycles. The number of nitro groups is 1. The van der Waals surface area contributed by atoms with E-state index in [2.05, 4.69) is 25.7 Å². The summed E-state index contributed by atoms with van der Waals surface area (Å²) in [5.41, 5.74) is -0.0287. The first-order valence-electron chi connectivity index (χ1n) is 7.56. The number of rotatable bonds is 7. The molecule has 2 aromatic heterocycles. The van der Waals surface area contributed by atoms with Gasteiger partial charge in [0.05, 0.1) is 9.82 Å². The average Bonchev–Trinajstić information content (AvgIpc) is 3.24. The van der Waals surface area contributed by atoms with Gasteiger partial charge in [-0.25, -0.2) is 0 Å². The molecule has 0 fully saturated rings. The lowest BCUT2D eigenvalue weighted by atomic mass is 10.2. The number of nitrogens with zero attached hydrogens (tertiary/aromatic N) is 6. The zero-order valence-electron chi connectivity index (χ0n) is 14.1. The molecule has 3 rings (SSSR count). The highest BCUT2D eigenvalue weighted by molar-refractivity contribution is 8.01. The van der Waals surface area contributed by atoms with E-state index in [9.17, 15) is 14.9 Å². The average molecular weight is 424 g/mol. The Balaban J connectivity index is 1.81. The molecule has 0 aliphatic rings. The van der Waals surface area contributed by atoms with Crippen LogP contribution >= 0.6 is 34.9 Å². The number of aromatic nitrogens is 5. The first-order chi connectivity index (χ1) is 13.0. The van der Waals surface area contributed by atoms with E-state index in [-0.39, 0.29) is 11.3 Å². The van der Waals surface area contributed by atoms with Crippen LogP contribution in [0.25, 0.3) is 0 Å². The molecule has 1 N–H and O–H groups in total. The van der Waals surface area contributed by atoms with Crippen molar-refractivity contribution in [1.29, 1.82) is 0 Å². The maximum absolute atomic E-state index is 12.4. The third kappa shape index (κ3) is 4.61. The first kappa shape index (κ1) is 19.3. The number of thioether (sulfide) groups is 1. The molecule has 27 heavy (non-hydrogen) atoms. The summed E-state index contributed by atoms with van der Waals surface area (Å²) in [6.07, 6.45) is 1.50. The summed E-state index contributed by atoms with van der Waals surface area (Å²) in [6, 6.07) is 4.27. The van der Waals surface area contributed by atoms with E-state index >= 15 is 0 Å². The molecule has 140 valence electrons. The number of amides is 1. The molecule has 0 saturated heterocycles. The van der Waals surface area contributed by atoms with E-state index in [1.54, 1.807) is 11.6 Å². The number of carbonyl (C=O) groups excluding carboxylic acids is 1. The quantitative estimate of drug-likeness (QED) is 0.264. The Morgan fingerprint density at radius 3 is 2.85 bits per heavy atom. The molecule has 0 aliphatic carbocycles. The summed E-state index contributed by atoms with van der Waals surface area (Å²) >= 11 is 3.87. The Bertz CT molecular complexity index is 988. The number of aryl methyl sites for hydroxylation is 1. The molecule has 0 atom stereocenters. The summed E-state index contributed by atoms with van der Waals surface area (Å²) in [5.74, 6) is 0.358. The van der Waals surface area contributed by atoms with Gasteiger partial charge in [0.25, 0.3) is 11.6 Å². The fraction of sp³-hybridized carbons (Fsp3) is 0.214.